The van der Waals surface area contributed by atoms with Crippen LogP contribution in [0.2, 0.25) is 5.02 Å². The van der Waals surface area contributed by atoms with Crippen molar-refractivity contribution in [2.75, 3.05) is 38.7 Å². The summed E-state index contributed by atoms with van der Waals surface area (Å²) in [6, 6.07) is 13.0. The molecule has 13 heteroatoms. The van der Waals surface area contributed by atoms with E-state index < -0.39 is 40.2 Å². The highest BCUT2D eigenvalue weighted by Crippen LogP contribution is 2.37. The van der Waals surface area contributed by atoms with E-state index in [1.165, 1.54) is 86.9 Å². The van der Waals surface area contributed by atoms with Gasteiger partial charge in [-0.05, 0) is 60.4 Å². The molecule has 0 spiro atoms. The Labute approximate surface area is 269 Å². The fraction of sp³-hybridized carbons (Fsp3) is 0.375. The Hall–Kier alpha value is -4.03. The fourth-order valence-electron chi connectivity index (χ4n) is 4.60. The lowest BCUT2D eigenvalue weighted by atomic mass is 10.1. The van der Waals surface area contributed by atoms with Gasteiger partial charge in [0.15, 0.2) is 11.5 Å². The molecular formula is C32H39ClFN3O7S. The SMILES string of the molecule is CC[C@@H](C(=O)NCC(C)C)N(Cc1ccc(F)cc1)C(=O)CN(c1cc(Cl)ccc1OC)S(=O)(=O)c1ccc(OC)c(OC)c1. The topological polar surface area (TPSA) is 114 Å². The number of methoxy groups -OCH3 is 3. The van der Waals surface area contributed by atoms with Crippen molar-refractivity contribution in [3.8, 4) is 17.2 Å². The number of carbonyl (C=O) groups is 2. The lowest BCUT2D eigenvalue weighted by Crippen LogP contribution is -2.52. The molecular weight excluding hydrogens is 625 g/mol. The van der Waals surface area contributed by atoms with Crippen LogP contribution in [0.4, 0.5) is 10.1 Å². The number of rotatable bonds is 15. The summed E-state index contributed by atoms with van der Waals surface area (Å²) in [7, 11) is -0.322. The molecule has 0 heterocycles. The number of carbonyl (C=O) groups excluding carboxylic acids is 2. The summed E-state index contributed by atoms with van der Waals surface area (Å²) in [5, 5.41) is 3.07. The Morgan fingerprint density at radius 3 is 2.11 bits per heavy atom. The minimum atomic E-state index is -4.48. The Morgan fingerprint density at radius 1 is 0.911 bits per heavy atom. The monoisotopic (exact) mass is 663 g/mol. The Kier molecular flexibility index (Phi) is 12.5. The van der Waals surface area contributed by atoms with Gasteiger partial charge in [-0.15, -0.1) is 0 Å². The van der Waals surface area contributed by atoms with Crippen molar-refractivity contribution in [2.24, 2.45) is 5.92 Å². The highest BCUT2D eigenvalue weighted by molar-refractivity contribution is 7.92. The van der Waals surface area contributed by atoms with Crippen molar-refractivity contribution in [1.82, 2.24) is 10.2 Å². The van der Waals surface area contributed by atoms with Gasteiger partial charge in [0.05, 0.1) is 31.9 Å². The van der Waals surface area contributed by atoms with Gasteiger partial charge >= 0.3 is 0 Å². The first kappa shape index (κ1) is 35.4. The van der Waals surface area contributed by atoms with Crippen LogP contribution < -0.4 is 23.8 Å². The highest BCUT2D eigenvalue weighted by Gasteiger charge is 2.35. The summed E-state index contributed by atoms with van der Waals surface area (Å²) in [5.74, 6) is -0.767. The first-order valence-electron chi connectivity index (χ1n) is 14.3. The zero-order valence-corrected chi connectivity index (χ0v) is 27.7. The third-order valence-corrected chi connectivity index (χ3v) is 8.96. The van der Waals surface area contributed by atoms with E-state index in [1.807, 2.05) is 13.8 Å². The van der Waals surface area contributed by atoms with Gasteiger partial charge in [0.25, 0.3) is 10.0 Å². The molecule has 244 valence electrons. The number of halogens is 2. The minimum Gasteiger partial charge on any atom is -0.495 e. The predicted octanol–water partition coefficient (Wildman–Crippen LogP) is 5.28. The van der Waals surface area contributed by atoms with E-state index in [2.05, 4.69) is 5.32 Å². The standard InChI is InChI=1S/C32H39ClFN3O7S/c1-7-26(32(39)35-18-21(2)3)36(19-22-8-11-24(34)12-9-22)31(38)20-37(27-16-23(33)10-14-28(27)42-4)45(40,41)25-13-15-29(43-5)30(17-25)44-6/h8-17,21,26H,7,18-20H2,1-6H3,(H,35,39)/t26-/m0/s1. The van der Waals surface area contributed by atoms with Crippen LogP contribution in [0, 0.1) is 11.7 Å². The number of anilines is 1. The molecule has 0 radical (unpaired) electrons. The zero-order chi connectivity index (χ0) is 33.3. The van der Waals surface area contributed by atoms with Crippen molar-refractivity contribution in [3.05, 3.63) is 77.1 Å². The van der Waals surface area contributed by atoms with Crippen molar-refractivity contribution in [1.29, 1.82) is 0 Å². The van der Waals surface area contributed by atoms with Crippen LogP contribution in [0.25, 0.3) is 0 Å². The third kappa shape index (κ3) is 8.79. The molecule has 1 N–H and O–H groups in total. The second-order valence-corrected chi connectivity index (χ2v) is 12.9. The third-order valence-electron chi connectivity index (χ3n) is 6.97. The van der Waals surface area contributed by atoms with Crippen molar-refractivity contribution in [2.45, 2.75) is 44.7 Å². The second-order valence-electron chi connectivity index (χ2n) is 10.6. The number of hydrogen-bond acceptors (Lipinski definition) is 7. The first-order valence-corrected chi connectivity index (χ1v) is 16.1. The number of nitrogens with zero attached hydrogens (tertiary/aromatic N) is 2. The molecule has 0 saturated carbocycles. The number of amides is 2. The quantitative estimate of drug-likeness (QED) is 0.235. The van der Waals surface area contributed by atoms with Gasteiger partial charge < -0.3 is 24.4 Å². The first-order chi connectivity index (χ1) is 21.4. The number of hydrogen-bond donors (Lipinski definition) is 1. The van der Waals surface area contributed by atoms with E-state index in [4.69, 9.17) is 25.8 Å². The number of sulfonamides is 1. The molecule has 0 unspecified atom stereocenters. The van der Waals surface area contributed by atoms with Crippen LogP contribution in [0.5, 0.6) is 17.2 Å². The van der Waals surface area contributed by atoms with Crippen molar-refractivity contribution in [3.63, 3.8) is 0 Å². The summed E-state index contributed by atoms with van der Waals surface area (Å²) in [6.45, 7) is 5.22. The Bertz CT molecular complexity index is 1590. The van der Waals surface area contributed by atoms with Crippen molar-refractivity contribution < 1.29 is 36.6 Å². The maximum absolute atomic E-state index is 14.3. The number of nitrogens with one attached hydrogen (secondary N) is 1. The Morgan fingerprint density at radius 2 is 1.53 bits per heavy atom. The van der Waals surface area contributed by atoms with Crippen LogP contribution in [0.1, 0.15) is 32.8 Å². The van der Waals surface area contributed by atoms with Gasteiger partial charge in [0, 0.05) is 24.2 Å². The van der Waals surface area contributed by atoms with E-state index in [1.54, 1.807) is 6.92 Å². The maximum atomic E-state index is 14.3. The Balaban J connectivity index is 2.16. The number of ether oxygens (including phenoxy) is 3. The van der Waals surface area contributed by atoms with E-state index in [9.17, 15) is 22.4 Å². The van der Waals surface area contributed by atoms with Gasteiger partial charge in [-0.25, -0.2) is 12.8 Å². The average Bonchev–Trinajstić information content (AvgIpc) is 3.02. The van der Waals surface area contributed by atoms with E-state index in [-0.39, 0.29) is 46.0 Å². The normalized spacial score (nSPS) is 11.9. The average molecular weight is 664 g/mol. The largest absolute Gasteiger partial charge is 0.495 e. The summed E-state index contributed by atoms with van der Waals surface area (Å²) in [5.41, 5.74) is 0.557. The van der Waals surface area contributed by atoms with E-state index in [0.717, 1.165) is 4.31 Å². The molecule has 0 aromatic heterocycles. The minimum absolute atomic E-state index is 0.00664. The predicted molar refractivity (Wildman–Crippen MR) is 171 cm³/mol. The molecule has 0 saturated heterocycles. The van der Waals surface area contributed by atoms with E-state index in [0.29, 0.717) is 17.9 Å². The highest BCUT2D eigenvalue weighted by atomic mass is 35.5. The van der Waals surface area contributed by atoms with Gasteiger partial charge in [-0.3, -0.25) is 13.9 Å². The molecule has 3 aromatic carbocycles. The smallest absolute Gasteiger partial charge is 0.265 e. The number of benzene rings is 3. The molecule has 3 rings (SSSR count). The molecule has 10 nitrogen and oxygen atoms in total. The molecule has 2 amide bonds. The zero-order valence-electron chi connectivity index (χ0n) is 26.2. The van der Waals surface area contributed by atoms with Gasteiger partial charge in [-0.1, -0.05) is 44.5 Å². The molecule has 1 atom stereocenters. The maximum Gasteiger partial charge on any atom is 0.265 e. The summed E-state index contributed by atoms with van der Waals surface area (Å²) in [4.78, 5) is 28.7. The molecule has 0 bridgehead atoms. The molecule has 3 aromatic rings. The molecule has 0 fully saturated rings. The lowest BCUT2D eigenvalue weighted by Gasteiger charge is -2.33. The summed E-state index contributed by atoms with van der Waals surface area (Å²) >= 11 is 6.30. The van der Waals surface area contributed by atoms with Crippen LogP contribution in [0.15, 0.2) is 65.6 Å². The van der Waals surface area contributed by atoms with Gasteiger partial charge in [-0.2, -0.15) is 0 Å². The van der Waals surface area contributed by atoms with Crippen LogP contribution in [-0.2, 0) is 26.2 Å². The van der Waals surface area contributed by atoms with Gasteiger partial charge in [0.1, 0.15) is 24.2 Å². The molecule has 0 aliphatic carbocycles. The molecule has 0 aliphatic rings. The molecule has 45 heavy (non-hydrogen) atoms. The second kappa shape index (κ2) is 15.8. The lowest BCUT2D eigenvalue weighted by molar-refractivity contribution is -0.140. The molecule has 0 aliphatic heterocycles. The van der Waals surface area contributed by atoms with Crippen LogP contribution >= 0.6 is 11.6 Å². The summed E-state index contributed by atoms with van der Waals surface area (Å²) in [6.07, 6.45) is 0.236. The van der Waals surface area contributed by atoms with Gasteiger partial charge in [0.2, 0.25) is 11.8 Å². The summed E-state index contributed by atoms with van der Waals surface area (Å²) < 4.78 is 59.3. The fourth-order valence-corrected chi connectivity index (χ4v) is 6.20. The van der Waals surface area contributed by atoms with Crippen LogP contribution in [0.3, 0.4) is 0 Å². The van der Waals surface area contributed by atoms with Crippen molar-refractivity contribution >= 4 is 39.1 Å². The van der Waals surface area contributed by atoms with Crippen LogP contribution in [-0.4, -0.2) is 65.6 Å². The van der Waals surface area contributed by atoms with E-state index >= 15 is 0 Å².